The monoisotopic (exact) mass is 455 g/mol. The molecule has 0 heterocycles. The number of ether oxygens (including phenoxy) is 4. The lowest BCUT2D eigenvalue weighted by Gasteiger charge is -2.22. The molecule has 9 nitrogen and oxygen atoms in total. The van der Waals surface area contributed by atoms with Crippen LogP contribution in [-0.4, -0.2) is 40.4 Å². The standard InChI is InChI=1S/C19H22ClN3O6S/c1-10(24)21-13-7-18(29-5)14(8-16(13)27-3)23(30)19(25)22-12-6-11(20)15(26-2)9-17(12)28-4/h6-9,30H,1-5H3,(H,21,24)(H,22,25). The summed E-state index contributed by atoms with van der Waals surface area (Å²) in [6.07, 6.45) is 0. The Morgan fingerprint density at radius 3 is 1.90 bits per heavy atom. The van der Waals surface area contributed by atoms with Gasteiger partial charge in [0.1, 0.15) is 28.7 Å². The van der Waals surface area contributed by atoms with Crippen molar-refractivity contribution in [3.8, 4) is 23.0 Å². The number of nitrogens with one attached hydrogen (secondary N) is 2. The quantitative estimate of drug-likeness (QED) is 0.541. The minimum absolute atomic E-state index is 0.280. The first-order valence-electron chi connectivity index (χ1n) is 8.50. The molecule has 0 unspecified atom stereocenters. The molecule has 0 aliphatic carbocycles. The van der Waals surface area contributed by atoms with E-state index in [1.807, 2.05) is 0 Å². The van der Waals surface area contributed by atoms with E-state index in [0.717, 1.165) is 4.31 Å². The summed E-state index contributed by atoms with van der Waals surface area (Å²) in [6.45, 7) is 1.37. The number of nitrogens with zero attached hydrogens (tertiary/aromatic N) is 1. The van der Waals surface area contributed by atoms with Crippen molar-refractivity contribution in [2.75, 3.05) is 43.4 Å². The topological polar surface area (TPSA) is 98.4 Å². The molecule has 11 heteroatoms. The SMILES string of the molecule is COc1cc(OC)c(NC(=O)N(S)c2cc(OC)c(NC(C)=O)cc2OC)cc1Cl. The molecule has 3 amide bonds. The van der Waals surface area contributed by atoms with Crippen molar-refractivity contribution in [1.29, 1.82) is 0 Å². The molecule has 0 saturated carbocycles. The second-order valence-electron chi connectivity index (χ2n) is 5.83. The van der Waals surface area contributed by atoms with Crippen molar-refractivity contribution in [3.05, 3.63) is 29.3 Å². The van der Waals surface area contributed by atoms with Gasteiger partial charge in [0.25, 0.3) is 0 Å². The summed E-state index contributed by atoms with van der Waals surface area (Å²) < 4.78 is 22.1. The summed E-state index contributed by atoms with van der Waals surface area (Å²) in [5.74, 6) is 1.06. The molecule has 2 aromatic rings. The van der Waals surface area contributed by atoms with Crippen LogP contribution in [0, 0.1) is 0 Å². The molecule has 30 heavy (non-hydrogen) atoms. The van der Waals surface area contributed by atoms with Crippen LogP contribution in [0.3, 0.4) is 0 Å². The van der Waals surface area contributed by atoms with Crippen LogP contribution in [0.4, 0.5) is 21.9 Å². The van der Waals surface area contributed by atoms with Gasteiger partial charge in [-0.05, 0) is 6.07 Å². The minimum atomic E-state index is -0.620. The first-order valence-corrected chi connectivity index (χ1v) is 9.28. The smallest absolute Gasteiger partial charge is 0.336 e. The van der Waals surface area contributed by atoms with Crippen molar-refractivity contribution in [1.82, 2.24) is 0 Å². The summed E-state index contributed by atoms with van der Waals surface area (Å²) in [7, 11) is 5.78. The molecule has 0 saturated heterocycles. The van der Waals surface area contributed by atoms with Gasteiger partial charge < -0.3 is 29.6 Å². The van der Waals surface area contributed by atoms with Crippen LogP contribution < -0.4 is 33.9 Å². The lowest BCUT2D eigenvalue weighted by molar-refractivity contribution is -0.114. The number of carbonyl (C=O) groups is 2. The van der Waals surface area contributed by atoms with Gasteiger partial charge in [0.2, 0.25) is 5.91 Å². The molecule has 0 atom stereocenters. The summed E-state index contributed by atoms with van der Waals surface area (Å²) in [5, 5.41) is 5.59. The number of thiol groups is 1. The highest BCUT2D eigenvalue weighted by molar-refractivity contribution is 7.82. The number of benzene rings is 2. The Balaban J connectivity index is 2.38. The van der Waals surface area contributed by atoms with E-state index in [9.17, 15) is 9.59 Å². The molecule has 2 rings (SSSR count). The average molecular weight is 456 g/mol. The first kappa shape index (κ1) is 23.3. The Morgan fingerprint density at radius 1 is 0.833 bits per heavy atom. The molecule has 0 spiro atoms. The fourth-order valence-corrected chi connectivity index (χ4v) is 3.02. The molecule has 0 bridgehead atoms. The fraction of sp³-hybridized carbons (Fsp3) is 0.263. The third-order valence-electron chi connectivity index (χ3n) is 3.95. The largest absolute Gasteiger partial charge is 0.495 e. The van der Waals surface area contributed by atoms with Crippen molar-refractivity contribution >= 4 is 53.4 Å². The van der Waals surface area contributed by atoms with Crippen LogP contribution in [-0.2, 0) is 4.79 Å². The summed E-state index contributed by atoms with van der Waals surface area (Å²) >= 11 is 10.4. The van der Waals surface area contributed by atoms with Gasteiger partial charge >= 0.3 is 6.03 Å². The van der Waals surface area contributed by atoms with E-state index in [2.05, 4.69) is 23.4 Å². The third kappa shape index (κ3) is 5.14. The number of rotatable bonds is 7. The van der Waals surface area contributed by atoms with Gasteiger partial charge in [-0.15, -0.1) is 0 Å². The van der Waals surface area contributed by atoms with Gasteiger partial charge in [-0.1, -0.05) is 24.4 Å². The third-order valence-corrected chi connectivity index (χ3v) is 4.64. The average Bonchev–Trinajstić information content (AvgIpc) is 2.72. The van der Waals surface area contributed by atoms with Gasteiger partial charge in [-0.3, -0.25) is 4.79 Å². The lowest BCUT2D eigenvalue weighted by Crippen LogP contribution is -2.27. The van der Waals surface area contributed by atoms with Crippen LogP contribution in [0.5, 0.6) is 23.0 Å². The first-order chi connectivity index (χ1) is 14.2. The molecule has 0 aliphatic heterocycles. The highest BCUT2D eigenvalue weighted by Crippen LogP contribution is 2.40. The van der Waals surface area contributed by atoms with E-state index in [1.165, 1.54) is 53.6 Å². The molecule has 0 aliphatic rings. The maximum Gasteiger partial charge on any atom is 0.336 e. The molecule has 162 valence electrons. The zero-order valence-corrected chi connectivity index (χ0v) is 18.7. The summed E-state index contributed by atoms with van der Waals surface area (Å²) in [5.41, 5.74) is 0.979. The van der Waals surface area contributed by atoms with Crippen LogP contribution >= 0.6 is 24.4 Å². The molecule has 2 N–H and O–H groups in total. The van der Waals surface area contributed by atoms with Gasteiger partial charge in [0.05, 0.1) is 44.8 Å². The molecule has 0 radical (unpaired) electrons. The van der Waals surface area contributed by atoms with Crippen LogP contribution in [0.1, 0.15) is 6.92 Å². The zero-order chi connectivity index (χ0) is 22.4. The number of amides is 3. The highest BCUT2D eigenvalue weighted by atomic mass is 35.5. The van der Waals surface area contributed by atoms with Crippen molar-refractivity contribution in [3.63, 3.8) is 0 Å². The van der Waals surface area contributed by atoms with Crippen LogP contribution in [0.2, 0.25) is 5.02 Å². The van der Waals surface area contributed by atoms with E-state index in [4.69, 9.17) is 30.5 Å². The Hall–Kier alpha value is -2.98. The number of carbonyl (C=O) groups excluding carboxylic acids is 2. The van der Waals surface area contributed by atoms with Crippen LogP contribution in [0.15, 0.2) is 24.3 Å². The Kier molecular flexibility index (Phi) is 7.90. The Labute approximate surface area is 184 Å². The van der Waals surface area contributed by atoms with E-state index in [1.54, 1.807) is 6.07 Å². The van der Waals surface area contributed by atoms with Gasteiger partial charge in [0, 0.05) is 25.1 Å². The van der Waals surface area contributed by atoms with Crippen molar-refractivity contribution in [2.24, 2.45) is 0 Å². The fourth-order valence-electron chi connectivity index (χ4n) is 2.57. The maximum atomic E-state index is 12.8. The number of methoxy groups -OCH3 is 4. The summed E-state index contributed by atoms with van der Waals surface area (Å²) in [6, 6.07) is 5.46. The number of hydrogen-bond donors (Lipinski definition) is 3. The van der Waals surface area contributed by atoms with E-state index in [-0.39, 0.29) is 17.3 Å². The number of hydrogen-bond acceptors (Lipinski definition) is 7. The maximum absolute atomic E-state index is 12.8. The number of anilines is 3. The van der Waals surface area contributed by atoms with E-state index < -0.39 is 6.03 Å². The predicted octanol–water partition coefficient (Wildman–Crippen LogP) is 4.22. The van der Waals surface area contributed by atoms with E-state index >= 15 is 0 Å². The Morgan fingerprint density at radius 2 is 1.37 bits per heavy atom. The number of halogens is 1. The highest BCUT2D eigenvalue weighted by Gasteiger charge is 2.22. The van der Waals surface area contributed by atoms with Crippen molar-refractivity contribution < 1.29 is 28.5 Å². The molecular weight excluding hydrogens is 434 g/mol. The predicted molar refractivity (Wildman–Crippen MR) is 119 cm³/mol. The molecule has 0 fully saturated rings. The van der Waals surface area contributed by atoms with Gasteiger partial charge in [0.15, 0.2) is 0 Å². The second kappa shape index (κ2) is 10.2. The van der Waals surface area contributed by atoms with Gasteiger partial charge in [-0.25, -0.2) is 9.10 Å². The minimum Gasteiger partial charge on any atom is -0.495 e. The van der Waals surface area contributed by atoms with E-state index in [0.29, 0.717) is 33.6 Å². The second-order valence-corrected chi connectivity index (χ2v) is 6.64. The van der Waals surface area contributed by atoms with Gasteiger partial charge in [-0.2, -0.15) is 0 Å². The zero-order valence-electron chi connectivity index (χ0n) is 17.0. The normalized spacial score (nSPS) is 10.1. The Bertz CT molecular complexity index is 956. The summed E-state index contributed by atoms with van der Waals surface area (Å²) in [4.78, 5) is 24.2. The number of urea groups is 1. The lowest BCUT2D eigenvalue weighted by atomic mass is 10.2. The van der Waals surface area contributed by atoms with Crippen molar-refractivity contribution in [2.45, 2.75) is 6.92 Å². The molecular formula is C19H22ClN3O6S. The van der Waals surface area contributed by atoms with Crippen LogP contribution in [0.25, 0.3) is 0 Å². The molecule has 2 aromatic carbocycles. The molecule has 0 aromatic heterocycles.